The van der Waals surface area contributed by atoms with E-state index in [9.17, 15) is 0 Å². The van der Waals surface area contributed by atoms with Crippen LogP contribution < -0.4 is 9.47 Å². The summed E-state index contributed by atoms with van der Waals surface area (Å²) in [6.07, 6.45) is 1.06. The van der Waals surface area contributed by atoms with Gasteiger partial charge in [-0.25, -0.2) is 0 Å². The normalized spacial score (nSPS) is 14.7. The highest BCUT2D eigenvalue weighted by molar-refractivity contribution is 7.15. The van der Waals surface area contributed by atoms with Gasteiger partial charge < -0.3 is 14.2 Å². The quantitative estimate of drug-likeness (QED) is 0.686. The molecule has 0 saturated carbocycles. The van der Waals surface area contributed by atoms with Gasteiger partial charge >= 0.3 is 0 Å². The molecule has 0 bridgehead atoms. The van der Waals surface area contributed by atoms with Crippen LogP contribution in [0.25, 0.3) is 10.4 Å². The van der Waals surface area contributed by atoms with Gasteiger partial charge in [0.25, 0.3) is 0 Å². The molecule has 5 heteroatoms. The third kappa shape index (κ3) is 4.54. The predicted octanol–water partition coefficient (Wildman–Crippen LogP) is 4.35. The minimum absolute atomic E-state index is 0.675. The number of fused-ring (bicyclic) bond motifs is 1. The number of rotatable bonds is 7. The molecule has 0 amide bonds. The lowest BCUT2D eigenvalue weighted by atomic mass is 10.1. The van der Waals surface area contributed by atoms with Gasteiger partial charge in [-0.2, -0.15) is 0 Å². The Bertz CT molecular complexity index is 698. The second kappa shape index (κ2) is 8.70. The number of benzene rings is 1. The van der Waals surface area contributed by atoms with Gasteiger partial charge in [-0.15, -0.1) is 11.3 Å². The molecule has 4 nitrogen and oxygen atoms in total. The first-order valence-electron chi connectivity index (χ1n) is 8.92. The zero-order valence-electron chi connectivity index (χ0n) is 15.3. The summed E-state index contributed by atoms with van der Waals surface area (Å²) in [6, 6.07) is 8.67. The SMILES string of the molecule is CCCOCCN1CCOc2c(cc(-c3ccc(C)s3)cc2OC)C1. The third-order valence-electron chi connectivity index (χ3n) is 4.32. The number of thiophene rings is 1. The predicted molar refractivity (Wildman–Crippen MR) is 103 cm³/mol. The average molecular weight is 362 g/mol. The Morgan fingerprint density at radius 3 is 2.84 bits per heavy atom. The van der Waals surface area contributed by atoms with E-state index in [4.69, 9.17) is 14.2 Å². The zero-order chi connectivity index (χ0) is 17.6. The molecule has 0 unspecified atom stereocenters. The van der Waals surface area contributed by atoms with E-state index in [1.165, 1.54) is 20.9 Å². The highest BCUT2D eigenvalue weighted by atomic mass is 32.1. The first kappa shape index (κ1) is 18.2. The van der Waals surface area contributed by atoms with E-state index >= 15 is 0 Å². The second-order valence-electron chi connectivity index (χ2n) is 6.31. The van der Waals surface area contributed by atoms with Gasteiger partial charge in [0.05, 0.1) is 13.7 Å². The maximum absolute atomic E-state index is 6.02. The lowest BCUT2D eigenvalue weighted by Crippen LogP contribution is -2.29. The van der Waals surface area contributed by atoms with E-state index < -0.39 is 0 Å². The Balaban J connectivity index is 1.82. The summed E-state index contributed by atoms with van der Waals surface area (Å²) >= 11 is 1.81. The molecule has 0 atom stereocenters. The van der Waals surface area contributed by atoms with E-state index in [1.54, 1.807) is 18.4 Å². The lowest BCUT2D eigenvalue weighted by molar-refractivity contribution is 0.0990. The van der Waals surface area contributed by atoms with Crippen molar-refractivity contribution < 1.29 is 14.2 Å². The van der Waals surface area contributed by atoms with E-state index in [1.807, 2.05) is 0 Å². The molecule has 2 heterocycles. The Morgan fingerprint density at radius 1 is 1.24 bits per heavy atom. The van der Waals surface area contributed by atoms with Crippen molar-refractivity contribution in [3.05, 3.63) is 34.7 Å². The lowest BCUT2D eigenvalue weighted by Gasteiger charge is -2.19. The van der Waals surface area contributed by atoms with Crippen LogP contribution in [0.2, 0.25) is 0 Å². The van der Waals surface area contributed by atoms with Crippen molar-refractivity contribution in [1.29, 1.82) is 0 Å². The van der Waals surface area contributed by atoms with Gasteiger partial charge in [-0.05, 0) is 43.2 Å². The molecule has 1 aromatic heterocycles. The number of aryl methyl sites for hydroxylation is 1. The topological polar surface area (TPSA) is 30.9 Å². The van der Waals surface area contributed by atoms with Crippen LogP contribution in [0.5, 0.6) is 11.5 Å². The van der Waals surface area contributed by atoms with E-state index in [2.05, 4.69) is 43.0 Å². The summed E-state index contributed by atoms with van der Waals surface area (Å²) in [5.41, 5.74) is 2.38. The van der Waals surface area contributed by atoms with Crippen LogP contribution in [0.15, 0.2) is 24.3 Å². The number of methoxy groups -OCH3 is 1. The Kier molecular flexibility index (Phi) is 6.34. The van der Waals surface area contributed by atoms with Crippen LogP contribution in [0.1, 0.15) is 23.8 Å². The fourth-order valence-corrected chi connectivity index (χ4v) is 3.91. The van der Waals surface area contributed by atoms with E-state index in [0.29, 0.717) is 6.61 Å². The number of hydrogen-bond donors (Lipinski definition) is 0. The maximum Gasteiger partial charge on any atom is 0.165 e. The van der Waals surface area contributed by atoms with Gasteiger partial charge in [0, 0.05) is 41.6 Å². The molecule has 1 aliphatic heterocycles. The van der Waals surface area contributed by atoms with Gasteiger partial charge in [-0.1, -0.05) is 6.92 Å². The van der Waals surface area contributed by atoms with Crippen molar-refractivity contribution >= 4 is 11.3 Å². The largest absolute Gasteiger partial charge is 0.493 e. The van der Waals surface area contributed by atoms with Gasteiger partial charge in [0.15, 0.2) is 11.5 Å². The van der Waals surface area contributed by atoms with Gasteiger partial charge in [0.1, 0.15) is 6.61 Å². The first-order valence-corrected chi connectivity index (χ1v) is 9.73. The molecule has 1 aromatic carbocycles. The monoisotopic (exact) mass is 361 g/mol. The molecule has 0 aliphatic carbocycles. The molecule has 1 aliphatic rings. The van der Waals surface area contributed by atoms with Crippen LogP contribution in [0, 0.1) is 6.92 Å². The Morgan fingerprint density at radius 2 is 2.12 bits per heavy atom. The molecule has 25 heavy (non-hydrogen) atoms. The molecule has 136 valence electrons. The molecule has 0 saturated heterocycles. The van der Waals surface area contributed by atoms with Gasteiger partial charge in [0.2, 0.25) is 0 Å². The number of hydrogen-bond acceptors (Lipinski definition) is 5. The summed E-state index contributed by atoms with van der Waals surface area (Å²) in [5.74, 6) is 1.71. The van der Waals surface area contributed by atoms with Crippen molar-refractivity contribution in [2.45, 2.75) is 26.8 Å². The summed E-state index contributed by atoms with van der Waals surface area (Å²) in [6.45, 7) is 9.23. The molecular weight excluding hydrogens is 334 g/mol. The summed E-state index contributed by atoms with van der Waals surface area (Å²) in [5, 5.41) is 0. The molecule has 0 N–H and O–H groups in total. The van der Waals surface area contributed by atoms with Crippen LogP contribution in [-0.4, -0.2) is 44.9 Å². The van der Waals surface area contributed by atoms with Crippen molar-refractivity contribution in [1.82, 2.24) is 4.90 Å². The summed E-state index contributed by atoms with van der Waals surface area (Å²) < 4.78 is 17.3. The fraction of sp³-hybridized carbons (Fsp3) is 0.500. The van der Waals surface area contributed by atoms with Crippen molar-refractivity contribution in [2.75, 3.05) is 40.0 Å². The molecule has 2 aromatic rings. The highest BCUT2D eigenvalue weighted by Crippen LogP contribution is 2.39. The van der Waals surface area contributed by atoms with E-state index in [-0.39, 0.29) is 0 Å². The summed E-state index contributed by atoms with van der Waals surface area (Å²) in [4.78, 5) is 4.97. The molecule has 0 spiro atoms. The first-order chi connectivity index (χ1) is 12.2. The third-order valence-corrected chi connectivity index (χ3v) is 5.37. The van der Waals surface area contributed by atoms with Crippen molar-refractivity contribution in [3.8, 4) is 21.9 Å². The van der Waals surface area contributed by atoms with Gasteiger partial charge in [-0.3, -0.25) is 4.90 Å². The van der Waals surface area contributed by atoms with Crippen molar-refractivity contribution in [3.63, 3.8) is 0 Å². The second-order valence-corrected chi connectivity index (χ2v) is 7.60. The zero-order valence-corrected chi connectivity index (χ0v) is 16.2. The molecular formula is C20H27NO3S. The molecule has 0 fully saturated rings. The van der Waals surface area contributed by atoms with Crippen LogP contribution in [0.4, 0.5) is 0 Å². The Labute approximate surface area is 154 Å². The van der Waals surface area contributed by atoms with Crippen LogP contribution in [0.3, 0.4) is 0 Å². The number of nitrogens with zero attached hydrogens (tertiary/aromatic N) is 1. The van der Waals surface area contributed by atoms with Crippen LogP contribution in [-0.2, 0) is 11.3 Å². The average Bonchev–Trinajstić information content (AvgIpc) is 2.94. The standard InChI is InChI=1S/C20H27NO3S/c1-4-9-23-10-7-21-8-11-24-20-17(14-21)12-16(13-18(20)22-3)19-6-5-15(2)25-19/h5-6,12-13H,4,7-11,14H2,1-3H3. The fourth-order valence-electron chi connectivity index (χ4n) is 3.05. The minimum Gasteiger partial charge on any atom is -0.493 e. The summed E-state index contributed by atoms with van der Waals surface area (Å²) in [7, 11) is 1.71. The molecule has 3 rings (SSSR count). The van der Waals surface area contributed by atoms with Crippen LogP contribution >= 0.6 is 11.3 Å². The smallest absolute Gasteiger partial charge is 0.165 e. The van der Waals surface area contributed by atoms with Crippen molar-refractivity contribution in [2.24, 2.45) is 0 Å². The highest BCUT2D eigenvalue weighted by Gasteiger charge is 2.20. The maximum atomic E-state index is 6.02. The number of ether oxygens (including phenoxy) is 3. The minimum atomic E-state index is 0.675. The van der Waals surface area contributed by atoms with E-state index in [0.717, 1.165) is 50.8 Å². The Hall–Kier alpha value is -1.56. The molecule has 0 radical (unpaired) electrons.